The molecule has 0 unspecified atom stereocenters. The summed E-state index contributed by atoms with van der Waals surface area (Å²) in [5.74, 6) is -5.03. The summed E-state index contributed by atoms with van der Waals surface area (Å²) in [6, 6.07) is 1.50. The highest BCUT2D eigenvalue weighted by Crippen LogP contribution is 2.28. The van der Waals surface area contributed by atoms with Crippen molar-refractivity contribution in [1.29, 1.82) is 0 Å². The maximum absolute atomic E-state index is 14.5. The van der Waals surface area contributed by atoms with Crippen LogP contribution in [0.25, 0.3) is 5.57 Å². The summed E-state index contributed by atoms with van der Waals surface area (Å²) < 4.78 is 54.3. The van der Waals surface area contributed by atoms with E-state index in [4.69, 9.17) is 0 Å². The highest BCUT2D eigenvalue weighted by atomic mass is 19.2. The summed E-state index contributed by atoms with van der Waals surface area (Å²) in [5, 5.41) is 0. The fourth-order valence-corrected chi connectivity index (χ4v) is 2.19. The second-order valence-electron chi connectivity index (χ2n) is 5.31. The predicted molar refractivity (Wildman–Crippen MR) is 89.3 cm³/mol. The van der Waals surface area contributed by atoms with Gasteiger partial charge in [0.25, 0.3) is 0 Å². The molecule has 24 heavy (non-hydrogen) atoms. The zero-order valence-corrected chi connectivity index (χ0v) is 13.1. The molecule has 0 atom stereocenters. The fourth-order valence-electron chi connectivity index (χ4n) is 2.19. The Labute approximate surface area is 138 Å². The third-order valence-corrected chi connectivity index (χ3v) is 3.50. The molecule has 0 heterocycles. The van der Waals surface area contributed by atoms with E-state index in [1.807, 2.05) is 25.2 Å². The first-order valence-electron chi connectivity index (χ1n) is 7.31. The van der Waals surface area contributed by atoms with Crippen molar-refractivity contribution in [1.82, 2.24) is 0 Å². The Hall–Kier alpha value is -2.62. The van der Waals surface area contributed by atoms with Crippen LogP contribution in [0.3, 0.4) is 0 Å². The summed E-state index contributed by atoms with van der Waals surface area (Å²) in [6.07, 6.45) is 11.8. The van der Waals surface area contributed by atoms with Crippen LogP contribution in [0.4, 0.5) is 17.6 Å². The van der Waals surface area contributed by atoms with Gasteiger partial charge in [-0.1, -0.05) is 48.6 Å². The molecule has 1 aromatic carbocycles. The van der Waals surface area contributed by atoms with Crippen LogP contribution < -0.4 is 0 Å². The lowest BCUT2D eigenvalue weighted by Gasteiger charge is -2.07. The molecule has 0 bridgehead atoms. The van der Waals surface area contributed by atoms with E-state index < -0.39 is 23.3 Å². The summed E-state index contributed by atoms with van der Waals surface area (Å²) in [5.41, 5.74) is 1.84. The molecule has 0 aliphatic heterocycles. The van der Waals surface area contributed by atoms with Gasteiger partial charge in [-0.05, 0) is 42.7 Å². The second kappa shape index (κ2) is 7.77. The molecule has 1 aliphatic rings. The molecule has 0 N–H and O–H groups in total. The van der Waals surface area contributed by atoms with Gasteiger partial charge in [-0.2, -0.15) is 0 Å². The lowest BCUT2D eigenvalue weighted by atomic mass is 10.0. The Morgan fingerprint density at radius 3 is 2.29 bits per heavy atom. The summed E-state index contributed by atoms with van der Waals surface area (Å²) in [6.45, 7) is 5.43. The van der Waals surface area contributed by atoms with Gasteiger partial charge < -0.3 is 0 Å². The second-order valence-corrected chi connectivity index (χ2v) is 5.31. The Bertz CT molecular complexity index is 782. The molecule has 0 amide bonds. The molecule has 0 fully saturated rings. The lowest BCUT2D eigenvalue weighted by Crippen LogP contribution is -1.95. The number of rotatable bonds is 4. The third kappa shape index (κ3) is 4.22. The van der Waals surface area contributed by atoms with Gasteiger partial charge in [0.2, 0.25) is 0 Å². The highest BCUT2D eigenvalue weighted by molar-refractivity contribution is 5.78. The zero-order chi connectivity index (χ0) is 17.7. The van der Waals surface area contributed by atoms with Gasteiger partial charge in [0, 0.05) is 5.57 Å². The SMILES string of the molecule is C=C\C=C(/C(F)=C\C=C1\C=CC(C)=CC1)c1cc(F)c(F)c(F)c1. The first-order valence-corrected chi connectivity index (χ1v) is 7.31. The molecule has 4 heteroatoms. The van der Waals surface area contributed by atoms with Gasteiger partial charge in [0.05, 0.1) is 0 Å². The quantitative estimate of drug-likeness (QED) is 0.342. The minimum atomic E-state index is -1.59. The van der Waals surface area contributed by atoms with E-state index >= 15 is 0 Å². The smallest absolute Gasteiger partial charge is 0.194 e. The number of allylic oxidation sites excluding steroid dienone is 11. The Balaban J connectivity index is 2.36. The highest BCUT2D eigenvalue weighted by Gasteiger charge is 2.15. The molecular formula is C20H16F4. The van der Waals surface area contributed by atoms with Crippen LogP contribution in [0, 0.1) is 17.5 Å². The van der Waals surface area contributed by atoms with Crippen LogP contribution in [0.5, 0.6) is 0 Å². The van der Waals surface area contributed by atoms with Gasteiger partial charge in [0.15, 0.2) is 17.5 Å². The standard InChI is InChI=1S/C20H16F4/c1-3-4-16(15-11-18(22)20(24)19(23)12-15)17(21)10-9-14-7-5-13(2)6-8-14/h3-7,9-12H,1,8H2,2H3/b14-9-,16-4-,17-10+. The van der Waals surface area contributed by atoms with Crippen LogP contribution in [-0.2, 0) is 0 Å². The molecule has 0 spiro atoms. The van der Waals surface area contributed by atoms with E-state index in [0.29, 0.717) is 6.42 Å². The molecule has 1 aliphatic carbocycles. The Kier molecular flexibility index (Phi) is 5.74. The van der Waals surface area contributed by atoms with Crippen molar-refractivity contribution in [3.8, 4) is 0 Å². The molecule has 2 rings (SSSR count). The van der Waals surface area contributed by atoms with E-state index in [0.717, 1.165) is 23.3 Å². The van der Waals surface area contributed by atoms with E-state index in [9.17, 15) is 17.6 Å². The number of halogens is 4. The van der Waals surface area contributed by atoms with Crippen molar-refractivity contribution in [2.75, 3.05) is 0 Å². The lowest BCUT2D eigenvalue weighted by molar-refractivity contribution is 0.446. The molecule has 124 valence electrons. The van der Waals surface area contributed by atoms with E-state index in [1.165, 1.54) is 18.2 Å². The van der Waals surface area contributed by atoms with Crippen LogP contribution in [0.1, 0.15) is 18.9 Å². The van der Waals surface area contributed by atoms with Gasteiger partial charge in [-0.25, -0.2) is 17.6 Å². The van der Waals surface area contributed by atoms with Crippen molar-refractivity contribution >= 4 is 5.57 Å². The first kappa shape index (κ1) is 17.7. The van der Waals surface area contributed by atoms with Crippen molar-refractivity contribution < 1.29 is 17.6 Å². The number of benzene rings is 1. The van der Waals surface area contributed by atoms with Crippen LogP contribution in [0.15, 0.2) is 78.2 Å². The average molecular weight is 332 g/mol. The predicted octanol–water partition coefficient (Wildman–Crippen LogP) is 6.36. The minimum absolute atomic E-state index is 0.0776. The van der Waals surface area contributed by atoms with Crippen LogP contribution in [0.2, 0.25) is 0 Å². The van der Waals surface area contributed by atoms with Gasteiger partial charge in [-0.3, -0.25) is 0 Å². The first-order chi connectivity index (χ1) is 11.4. The van der Waals surface area contributed by atoms with Gasteiger partial charge in [-0.15, -0.1) is 0 Å². The molecule has 0 nitrogen and oxygen atoms in total. The summed E-state index contributed by atoms with van der Waals surface area (Å²) in [7, 11) is 0. The normalized spacial score (nSPS) is 17.2. The largest absolute Gasteiger partial charge is 0.206 e. The zero-order valence-electron chi connectivity index (χ0n) is 13.1. The van der Waals surface area contributed by atoms with E-state index in [2.05, 4.69) is 6.58 Å². The van der Waals surface area contributed by atoms with Crippen LogP contribution >= 0.6 is 0 Å². The summed E-state index contributed by atoms with van der Waals surface area (Å²) in [4.78, 5) is 0. The molecule has 0 saturated heterocycles. The third-order valence-electron chi connectivity index (χ3n) is 3.50. The molecule has 0 radical (unpaired) electrons. The monoisotopic (exact) mass is 332 g/mol. The maximum Gasteiger partial charge on any atom is 0.194 e. The summed E-state index contributed by atoms with van der Waals surface area (Å²) >= 11 is 0. The van der Waals surface area contributed by atoms with Crippen molar-refractivity contribution in [2.45, 2.75) is 13.3 Å². The van der Waals surface area contributed by atoms with Gasteiger partial charge in [0.1, 0.15) is 5.83 Å². The number of hydrogen-bond acceptors (Lipinski definition) is 0. The molecule has 0 aromatic heterocycles. The fraction of sp³-hybridized carbons (Fsp3) is 0.100. The van der Waals surface area contributed by atoms with E-state index in [-0.39, 0.29) is 11.1 Å². The van der Waals surface area contributed by atoms with Crippen molar-refractivity contribution in [3.05, 3.63) is 101 Å². The van der Waals surface area contributed by atoms with Crippen LogP contribution in [-0.4, -0.2) is 0 Å². The average Bonchev–Trinajstić information content (AvgIpc) is 2.56. The molecule has 1 aromatic rings. The maximum atomic E-state index is 14.5. The topological polar surface area (TPSA) is 0 Å². The van der Waals surface area contributed by atoms with E-state index in [1.54, 1.807) is 6.08 Å². The molecule has 0 saturated carbocycles. The van der Waals surface area contributed by atoms with Crippen molar-refractivity contribution in [2.24, 2.45) is 0 Å². The Morgan fingerprint density at radius 1 is 1.08 bits per heavy atom. The van der Waals surface area contributed by atoms with Gasteiger partial charge >= 0.3 is 0 Å². The number of hydrogen-bond donors (Lipinski definition) is 0. The Morgan fingerprint density at radius 2 is 1.75 bits per heavy atom. The van der Waals surface area contributed by atoms with Crippen molar-refractivity contribution in [3.63, 3.8) is 0 Å². The minimum Gasteiger partial charge on any atom is -0.206 e. The molecular weight excluding hydrogens is 316 g/mol.